The van der Waals surface area contributed by atoms with E-state index in [-0.39, 0.29) is 0 Å². The minimum atomic E-state index is 0.363. The minimum absolute atomic E-state index is 0.363. The fraction of sp³-hybridized carbons (Fsp3) is 0.333. The lowest BCUT2D eigenvalue weighted by Gasteiger charge is -2.25. The predicted molar refractivity (Wildman–Crippen MR) is 125 cm³/mol. The summed E-state index contributed by atoms with van der Waals surface area (Å²) in [7, 11) is 0. The fourth-order valence-electron chi connectivity index (χ4n) is 3.96. The van der Waals surface area contributed by atoms with E-state index in [0.717, 1.165) is 52.6 Å². The molecule has 6 heteroatoms. The number of nitrogens with two attached hydrogens (primary N) is 1. The first-order valence-corrected chi connectivity index (χ1v) is 11.2. The Kier molecular flexibility index (Phi) is 6.88. The lowest BCUT2D eigenvalue weighted by Crippen LogP contribution is -2.27. The number of benzene rings is 1. The maximum atomic E-state index is 6.48. The predicted octanol–water partition coefficient (Wildman–Crippen LogP) is 6.12. The van der Waals surface area contributed by atoms with Crippen molar-refractivity contribution in [2.45, 2.75) is 44.7 Å². The lowest BCUT2D eigenvalue weighted by atomic mass is 9.83. The van der Waals surface area contributed by atoms with Gasteiger partial charge in [-0.1, -0.05) is 41.4 Å². The van der Waals surface area contributed by atoms with Gasteiger partial charge in [-0.3, -0.25) is 4.98 Å². The average molecular weight is 441 g/mol. The largest absolute Gasteiger partial charge is 0.366 e. The van der Waals surface area contributed by atoms with Crippen LogP contribution in [0, 0.1) is 5.92 Å². The monoisotopic (exact) mass is 440 g/mol. The Bertz CT molecular complexity index is 983. The highest BCUT2D eigenvalue weighted by Crippen LogP contribution is 2.30. The molecule has 30 heavy (non-hydrogen) atoms. The molecule has 0 bridgehead atoms. The van der Waals surface area contributed by atoms with Crippen LogP contribution in [0.2, 0.25) is 10.0 Å². The van der Waals surface area contributed by atoms with Crippen molar-refractivity contribution in [3.05, 3.63) is 76.0 Å². The molecule has 4 rings (SSSR count). The Labute approximate surface area is 187 Å². The van der Waals surface area contributed by atoms with Crippen molar-refractivity contribution in [3.63, 3.8) is 0 Å². The number of nitrogens with one attached hydrogen (secondary N) is 1. The van der Waals surface area contributed by atoms with Gasteiger partial charge in [0.2, 0.25) is 0 Å². The van der Waals surface area contributed by atoms with Crippen molar-refractivity contribution >= 4 is 29.0 Å². The van der Waals surface area contributed by atoms with Gasteiger partial charge in [0.05, 0.1) is 10.7 Å². The van der Waals surface area contributed by atoms with Gasteiger partial charge in [-0.15, -0.1) is 0 Å². The minimum Gasteiger partial charge on any atom is -0.366 e. The molecule has 1 saturated carbocycles. The van der Waals surface area contributed by atoms with Crippen molar-refractivity contribution in [2.24, 2.45) is 11.7 Å². The van der Waals surface area contributed by atoms with E-state index in [2.05, 4.69) is 16.4 Å². The van der Waals surface area contributed by atoms with Crippen LogP contribution in [0.4, 0.5) is 5.82 Å². The van der Waals surface area contributed by atoms with Crippen molar-refractivity contribution in [1.82, 2.24) is 9.97 Å². The number of hydrogen-bond donors (Lipinski definition) is 2. The number of anilines is 1. The number of aromatic nitrogens is 2. The maximum absolute atomic E-state index is 6.48. The van der Waals surface area contributed by atoms with Crippen LogP contribution < -0.4 is 11.1 Å². The number of nitrogens with zero attached hydrogens (tertiary/aromatic N) is 2. The zero-order chi connectivity index (χ0) is 20.9. The van der Waals surface area contributed by atoms with Gasteiger partial charge in [0.25, 0.3) is 0 Å². The molecule has 0 saturated heterocycles. The molecule has 2 heterocycles. The number of rotatable bonds is 6. The first kappa shape index (κ1) is 21.1. The Morgan fingerprint density at radius 2 is 1.77 bits per heavy atom. The van der Waals surface area contributed by atoms with Gasteiger partial charge in [0, 0.05) is 35.1 Å². The first-order valence-electron chi connectivity index (χ1n) is 10.4. The van der Waals surface area contributed by atoms with E-state index in [1.807, 2.05) is 42.5 Å². The smallest absolute Gasteiger partial charge is 0.126 e. The van der Waals surface area contributed by atoms with Crippen molar-refractivity contribution in [1.29, 1.82) is 0 Å². The van der Waals surface area contributed by atoms with E-state index < -0.39 is 0 Å². The van der Waals surface area contributed by atoms with Gasteiger partial charge in [-0.2, -0.15) is 0 Å². The average Bonchev–Trinajstić information content (AvgIpc) is 2.76. The standard InChI is InChI=1S/C24H26Cl2N4/c25-18-8-4-17(5-9-18)14-29-24-3-1-2-23(30-24)21-13-20(28-15-22(21)26)12-16-6-10-19(27)11-7-16/h1-5,8-9,13,15-16,19H,6-7,10-12,14,27H2,(H,29,30). The van der Waals surface area contributed by atoms with Crippen LogP contribution in [0.5, 0.6) is 0 Å². The summed E-state index contributed by atoms with van der Waals surface area (Å²) < 4.78 is 0. The molecule has 3 aromatic rings. The molecule has 3 N–H and O–H groups in total. The second-order valence-electron chi connectivity index (χ2n) is 8.03. The van der Waals surface area contributed by atoms with Crippen LogP contribution >= 0.6 is 23.2 Å². The highest BCUT2D eigenvalue weighted by Gasteiger charge is 2.20. The van der Waals surface area contributed by atoms with Crippen LogP contribution in [0.25, 0.3) is 11.3 Å². The molecule has 2 aromatic heterocycles. The molecule has 156 valence electrons. The molecule has 0 radical (unpaired) electrons. The Hall–Kier alpha value is -2.14. The Morgan fingerprint density at radius 3 is 2.53 bits per heavy atom. The molecule has 0 aliphatic heterocycles. The van der Waals surface area contributed by atoms with Gasteiger partial charge >= 0.3 is 0 Å². The summed E-state index contributed by atoms with van der Waals surface area (Å²) in [6.45, 7) is 0.673. The van der Waals surface area contributed by atoms with Crippen molar-refractivity contribution in [2.75, 3.05) is 5.32 Å². The molecule has 0 atom stereocenters. The zero-order valence-corrected chi connectivity index (χ0v) is 18.3. The lowest BCUT2D eigenvalue weighted by molar-refractivity contribution is 0.323. The van der Waals surface area contributed by atoms with E-state index in [4.69, 9.17) is 33.9 Å². The zero-order valence-electron chi connectivity index (χ0n) is 16.8. The molecule has 0 spiro atoms. The summed E-state index contributed by atoms with van der Waals surface area (Å²) in [6, 6.07) is 16.2. The normalized spacial score (nSPS) is 18.9. The molecule has 1 aliphatic carbocycles. The van der Waals surface area contributed by atoms with E-state index in [9.17, 15) is 0 Å². The summed E-state index contributed by atoms with van der Waals surface area (Å²) in [6.07, 6.45) is 7.26. The summed E-state index contributed by atoms with van der Waals surface area (Å²) in [4.78, 5) is 9.33. The Morgan fingerprint density at radius 1 is 1.00 bits per heavy atom. The van der Waals surface area contributed by atoms with Crippen LogP contribution in [0.1, 0.15) is 36.9 Å². The molecule has 0 unspecified atom stereocenters. The Balaban J connectivity index is 1.47. The van der Waals surface area contributed by atoms with Gasteiger partial charge in [0.15, 0.2) is 0 Å². The molecule has 1 fully saturated rings. The highest BCUT2D eigenvalue weighted by molar-refractivity contribution is 6.33. The van der Waals surface area contributed by atoms with E-state index >= 15 is 0 Å². The number of halogens is 2. The van der Waals surface area contributed by atoms with Gasteiger partial charge < -0.3 is 11.1 Å². The SMILES string of the molecule is NC1CCC(Cc2cc(-c3cccc(NCc4ccc(Cl)cc4)n3)c(Cl)cn2)CC1. The second kappa shape index (κ2) is 9.78. The summed E-state index contributed by atoms with van der Waals surface area (Å²) in [5.74, 6) is 1.45. The van der Waals surface area contributed by atoms with Crippen LogP contribution in [-0.4, -0.2) is 16.0 Å². The molecule has 1 aromatic carbocycles. The van der Waals surface area contributed by atoms with Crippen LogP contribution in [0.3, 0.4) is 0 Å². The highest BCUT2D eigenvalue weighted by atomic mass is 35.5. The number of hydrogen-bond acceptors (Lipinski definition) is 4. The third-order valence-corrected chi connectivity index (χ3v) is 6.27. The fourth-order valence-corrected chi connectivity index (χ4v) is 4.28. The summed E-state index contributed by atoms with van der Waals surface area (Å²) in [5.41, 5.74) is 10.0. The number of pyridine rings is 2. The molecule has 4 nitrogen and oxygen atoms in total. The van der Waals surface area contributed by atoms with E-state index in [0.29, 0.717) is 23.5 Å². The second-order valence-corrected chi connectivity index (χ2v) is 8.87. The van der Waals surface area contributed by atoms with Crippen LogP contribution in [0.15, 0.2) is 54.7 Å². The van der Waals surface area contributed by atoms with E-state index in [1.165, 1.54) is 12.8 Å². The molecule has 0 amide bonds. The summed E-state index contributed by atoms with van der Waals surface area (Å²) in [5, 5.41) is 4.72. The first-order chi connectivity index (χ1) is 14.6. The third kappa shape index (κ3) is 5.51. The van der Waals surface area contributed by atoms with Crippen molar-refractivity contribution < 1.29 is 0 Å². The van der Waals surface area contributed by atoms with Crippen molar-refractivity contribution in [3.8, 4) is 11.3 Å². The maximum Gasteiger partial charge on any atom is 0.126 e. The van der Waals surface area contributed by atoms with Gasteiger partial charge in [-0.25, -0.2) is 4.98 Å². The molecular weight excluding hydrogens is 415 g/mol. The topological polar surface area (TPSA) is 63.8 Å². The van der Waals surface area contributed by atoms with Gasteiger partial charge in [-0.05, 0) is 73.9 Å². The van der Waals surface area contributed by atoms with E-state index in [1.54, 1.807) is 6.20 Å². The molecule has 1 aliphatic rings. The van der Waals surface area contributed by atoms with Gasteiger partial charge in [0.1, 0.15) is 5.82 Å². The molecular formula is C24H26Cl2N4. The van der Waals surface area contributed by atoms with Crippen LogP contribution in [-0.2, 0) is 13.0 Å². The third-order valence-electron chi connectivity index (χ3n) is 5.71. The quantitative estimate of drug-likeness (QED) is 0.484. The summed E-state index contributed by atoms with van der Waals surface area (Å²) >= 11 is 12.4.